The van der Waals surface area contributed by atoms with E-state index >= 15 is 0 Å². The topological polar surface area (TPSA) is 76.6 Å². The van der Waals surface area contributed by atoms with Gasteiger partial charge >= 0.3 is 5.69 Å². The number of rotatable bonds is 4. The van der Waals surface area contributed by atoms with Crippen LogP contribution in [0, 0.1) is 21.2 Å². The molecule has 0 bridgehead atoms. The maximum atomic E-state index is 11.5. The number of pyridine rings is 1. The average molecular weight is 320 g/mol. The quantitative estimate of drug-likeness (QED) is 0.367. The third kappa shape index (κ3) is 3.90. The van der Waals surface area contributed by atoms with E-state index in [0.717, 1.165) is 38.6 Å². The lowest BCUT2D eigenvalue weighted by molar-refractivity contribution is -0.605. The maximum Gasteiger partial charge on any atom is 0.304 e. The zero-order chi connectivity index (χ0) is 16.2. The highest BCUT2D eigenvalue weighted by molar-refractivity contribution is 5.60. The lowest BCUT2D eigenvalue weighted by Gasteiger charge is -2.37. The van der Waals surface area contributed by atoms with Gasteiger partial charge in [-0.05, 0) is 18.8 Å². The van der Waals surface area contributed by atoms with E-state index in [0.29, 0.717) is 10.4 Å². The summed E-state index contributed by atoms with van der Waals surface area (Å²) < 4.78 is 0.636. The van der Waals surface area contributed by atoms with Gasteiger partial charge < -0.3 is 10.1 Å². The molecule has 0 atom stereocenters. The summed E-state index contributed by atoms with van der Waals surface area (Å²) in [6, 6.07) is 1.29. The van der Waals surface area contributed by atoms with Gasteiger partial charge in [0.25, 0.3) is 0 Å². The molecule has 7 nitrogen and oxygen atoms in total. The van der Waals surface area contributed by atoms with Gasteiger partial charge in [0, 0.05) is 32.7 Å². The molecule has 0 spiro atoms. The monoisotopic (exact) mass is 320 g/mol. The second-order valence-electron chi connectivity index (χ2n) is 6.62. The molecule has 1 aromatic rings. The highest BCUT2D eigenvalue weighted by atomic mass is 16.6. The van der Waals surface area contributed by atoms with Gasteiger partial charge in [0.05, 0.1) is 11.0 Å². The first kappa shape index (κ1) is 16.0. The summed E-state index contributed by atoms with van der Waals surface area (Å²) in [6.45, 7) is 4.42. The van der Waals surface area contributed by atoms with Gasteiger partial charge in [0.1, 0.15) is 0 Å². The minimum Gasteiger partial charge on any atom is -0.619 e. The minimum absolute atomic E-state index is 0.0119. The van der Waals surface area contributed by atoms with E-state index in [2.05, 4.69) is 4.90 Å². The molecule has 0 unspecified atom stereocenters. The molecule has 1 aromatic heterocycles. The van der Waals surface area contributed by atoms with Crippen LogP contribution in [0.15, 0.2) is 18.5 Å². The fourth-order valence-electron chi connectivity index (χ4n) is 3.76. The first-order chi connectivity index (χ1) is 11.1. The van der Waals surface area contributed by atoms with E-state index in [1.54, 1.807) is 0 Å². The second kappa shape index (κ2) is 7.12. The Bertz CT molecular complexity index is 552. The average Bonchev–Trinajstić information content (AvgIpc) is 2.56. The fraction of sp³-hybridized carbons (Fsp3) is 0.688. The number of nitrogens with zero attached hydrogens (tertiary/aromatic N) is 4. The molecule has 1 saturated carbocycles. The predicted octanol–water partition coefficient (Wildman–Crippen LogP) is 1.93. The first-order valence-corrected chi connectivity index (χ1v) is 8.48. The molecule has 0 N–H and O–H groups in total. The molecule has 23 heavy (non-hydrogen) atoms. The predicted molar refractivity (Wildman–Crippen MR) is 87.3 cm³/mol. The summed E-state index contributed by atoms with van der Waals surface area (Å²) in [5.74, 6) is 0.810. The Hall–Kier alpha value is -1.89. The molecule has 126 valence electrons. The molecule has 2 heterocycles. The SMILES string of the molecule is O=[N+]([O-])c1cc[n+]([O-])cc1N1CCN(CC2CCCCC2)CC1. The van der Waals surface area contributed by atoms with Crippen molar-refractivity contribution in [3.63, 3.8) is 0 Å². The van der Waals surface area contributed by atoms with Gasteiger partial charge in [-0.1, -0.05) is 19.3 Å². The van der Waals surface area contributed by atoms with Crippen LogP contribution in [0.4, 0.5) is 11.4 Å². The van der Waals surface area contributed by atoms with Gasteiger partial charge in [-0.3, -0.25) is 15.0 Å². The van der Waals surface area contributed by atoms with Crippen molar-refractivity contribution in [2.75, 3.05) is 37.6 Å². The number of piperazine rings is 1. The maximum absolute atomic E-state index is 11.5. The Morgan fingerprint density at radius 3 is 2.52 bits per heavy atom. The van der Waals surface area contributed by atoms with Crippen molar-refractivity contribution in [1.29, 1.82) is 0 Å². The zero-order valence-corrected chi connectivity index (χ0v) is 13.4. The molecule has 1 aliphatic heterocycles. The molecule has 0 radical (unpaired) electrons. The normalized spacial score (nSPS) is 20.6. The molecule has 2 fully saturated rings. The molecule has 3 rings (SSSR count). The summed E-state index contributed by atoms with van der Waals surface area (Å²) in [5, 5.41) is 22.7. The molecule has 0 aromatic carbocycles. The third-order valence-electron chi connectivity index (χ3n) is 5.04. The number of aromatic nitrogens is 1. The van der Waals surface area contributed by atoms with Crippen molar-refractivity contribution in [1.82, 2.24) is 4.90 Å². The van der Waals surface area contributed by atoms with Crippen LogP contribution in [0.1, 0.15) is 32.1 Å². The van der Waals surface area contributed by atoms with Crippen LogP contribution in [0.5, 0.6) is 0 Å². The van der Waals surface area contributed by atoms with Crippen molar-refractivity contribution in [2.45, 2.75) is 32.1 Å². The molecule has 0 amide bonds. The van der Waals surface area contributed by atoms with Gasteiger partial charge in [-0.25, -0.2) is 0 Å². The standard InChI is InChI=1S/C16H24N4O3/c21-19-7-6-15(20(22)23)16(13-19)18-10-8-17(9-11-18)12-14-4-2-1-3-5-14/h6-7,13-14H,1-5,8-12H2. The van der Waals surface area contributed by atoms with Crippen LogP contribution in [0.25, 0.3) is 0 Å². The van der Waals surface area contributed by atoms with E-state index in [-0.39, 0.29) is 5.69 Å². The molecule has 1 aliphatic carbocycles. The van der Waals surface area contributed by atoms with Crippen LogP contribution >= 0.6 is 0 Å². The van der Waals surface area contributed by atoms with Crippen molar-refractivity contribution in [3.8, 4) is 0 Å². The highest BCUT2D eigenvalue weighted by Gasteiger charge is 2.27. The van der Waals surface area contributed by atoms with Crippen molar-refractivity contribution < 1.29 is 9.65 Å². The van der Waals surface area contributed by atoms with E-state index in [1.165, 1.54) is 50.6 Å². The molecule has 2 aliphatic rings. The van der Waals surface area contributed by atoms with E-state index in [4.69, 9.17) is 0 Å². The lowest BCUT2D eigenvalue weighted by atomic mass is 9.89. The van der Waals surface area contributed by atoms with Crippen LogP contribution in [-0.4, -0.2) is 42.5 Å². The van der Waals surface area contributed by atoms with Crippen molar-refractivity contribution >= 4 is 11.4 Å². The number of hydrogen-bond acceptors (Lipinski definition) is 5. The zero-order valence-electron chi connectivity index (χ0n) is 13.4. The Balaban J connectivity index is 1.60. The molecule has 7 heteroatoms. The number of anilines is 1. The van der Waals surface area contributed by atoms with Crippen LogP contribution in [0.2, 0.25) is 0 Å². The summed E-state index contributed by atoms with van der Waals surface area (Å²) in [4.78, 5) is 15.2. The minimum atomic E-state index is -0.413. The van der Waals surface area contributed by atoms with E-state index in [1.807, 2.05) is 4.90 Å². The molecule has 1 saturated heterocycles. The van der Waals surface area contributed by atoms with Gasteiger partial charge in [-0.2, -0.15) is 4.73 Å². The highest BCUT2D eigenvalue weighted by Crippen LogP contribution is 2.28. The summed E-state index contributed by atoms with van der Waals surface area (Å²) in [6.07, 6.45) is 9.24. The van der Waals surface area contributed by atoms with Gasteiger partial charge in [0.15, 0.2) is 11.9 Å². The summed E-state index contributed by atoms with van der Waals surface area (Å²) in [7, 11) is 0. The van der Waals surface area contributed by atoms with Crippen molar-refractivity contribution in [3.05, 3.63) is 33.8 Å². The largest absolute Gasteiger partial charge is 0.619 e. The van der Waals surface area contributed by atoms with E-state index < -0.39 is 4.92 Å². The van der Waals surface area contributed by atoms with E-state index in [9.17, 15) is 15.3 Å². The number of nitro groups is 1. The smallest absolute Gasteiger partial charge is 0.304 e. The fourth-order valence-corrected chi connectivity index (χ4v) is 3.76. The lowest BCUT2D eigenvalue weighted by Crippen LogP contribution is -2.48. The Kier molecular flexibility index (Phi) is 4.95. The van der Waals surface area contributed by atoms with Crippen LogP contribution in [-0.2, 0) is 0 Å². The molecular weight excluding hydrogens is 296 g/mol. The van der Waals surface area contributed by atoms with Gasteiger partial charge in [0.2, 0.25) is 6.20 Å². The first-order valence-electron chi connectivity index (χ1n) is 8.48. The van der Waals surface area contributed by atoms with Crippen molar-refractivity contribution in [2.24, 2.45) is 5.92 Å². The third-order valence-corrected chi connectivity index (χ3v) is 5.04. The Labute approximate surface area is 136 Å². The number of hydrogen-bond donors (Lipinski definition) is 0. The Morgan fingerprint density at radius 2 is 1.87 bits per heavy atom. The second-order valence-corrected chi connectivity index (χ2v) is 6.62. The summed E-state index contributed by atoms with van der Waals surface area (Å²) >= 11 is 0. The molecular formula is C16H24N4O3. The summed E-state index contributed by atoms with van der Waals surface area (Å²) in [5.41, 5.74) is 0.447. The van der Waals surface area contributed by atoms with Crippen LogP contribution in [0.3, 0.4) is 0 Å². The van der Waals surface area contributed by atoms with Crippen LogP contribution < -0.4 is 9.63 Å². The Morgan fingerprint density at radius 1 is 1.17 bits per heavy atom. The van der Waals surface area contributed by atoms with Gasteiger partial charge in [-0.15, -0.1) is 0 Å².